The molecule has 1 heterocycles. The summed E-state index contributed by atoms with van der Waals surface area (Å²) in [6.07, 6.45) is 1.01. The van der Waals surface area contributed by atoms with E-state index in [1.807, 2.05) is 6.07 Å². The normalized spacial score (nSPS) is 9.81. The summed E-state index contributed by atoms with van der Waals surface area (Å²) < 4.78 is 13.2. The van der Waals surface area contributed by atoms with Gasteiger partial charge in [-0.3, -0.25) is 4.79 Å². The Morgan fingerprint density at radius 3 is 2.81 bits per heavy atom. The van der Waals surface area contributed by atoms with Crippen LogP contribution in [0.4, 0.5) is 15.9 Å². The van der Waals surface area contributed by atoms with Crippen LogP contribution in [0.1, 0.15) is 15.9 Å². The number of aromatic nitrogens is 1. The molecule has 0 aliphatic carbocycles. The number of carbonyl (C=O) groups excluding carboxylic acids is 1. The highest BCUT2D eigenvalue weighted by atomic mass is 35.5. The lowest BCUT2D eigenvalue weighted by Gasteiger charge is -2.10. The number of pyridine rings is 1. The number of halogens is 2. The molecule has 0 saturated carbocycles. The molecule has 0 saturated heterocycles. The number of rotatable bonds is 3. The van der Waals surface area contributed by atoms with Gasteiger partial charge in [-0.2, -0.15) is 5.26 Å². The zero-order valence-corrected chi connectivity index (χ0v) is 11.7. The number of nitrogens with one attached hydrogen (secondary N) is 2. The van der Waals surface area contributed by atoms with Crippen molar-refractivity contribution in [2.75, 3.05) is 17.7 Å². The van der Waals surface area contributed by atoms with Crippen molar-refractivity contribution in [2.45, 2.75) is 0 Å². The topological polar surface area (TPSA) is 77.8 Å². The number of anilines is 2. The number of nitriles is 1. The number of amides is 1. The summed E-state index contributed by atoms with van der Waals surface area (Å²) >= 11 is 5.97. The summed E-state index contributed by atoms with van der Waals surface area (Å²) in [6.45, 7) is 0. The van der Waals surface area contributed by atoms with E-state index in [1.54, 1.807) is 7.05 Å². The molecule has 2 aromatic rings. The van der Waals surface area contributed by atoms with Crippen molar-refractivity contribution in [3.8, 4) is 6.07 Å². The van der Waals surface area contributed by atoms with E-state index in [-0.39, 0.29) is 16.4 Å². The first-order chi connectivity index (χ1) is 10.0. The van der Waals surface area contributed by atoms with Crippen LogP contribution in [0.2, 0.25) is 5.02 Å². The standard InChI is InChI=1S/C14H10ClFN4O/c1-18-13-10(5-9(16)7-19-13)14(21)20-12-3-2-8(6-17)4-11(12)15/h2-5,7H,1H3,(H,18,19)(H,20,21). The van der Waals surface area contributed by atoms with Gasteiger partial charge >= 0.3 is 0 Å². The first-order valence-electron chi connectivity index (χ1n) is 5.89. The number of nitrogens with zero attached hydrogens (tertiary/aromatic N) is 2. The lowest BCUT2D eigenvalue weighted by Crippen LogP contribution is -2.15. The van der Waals surface area contributed by atoms with Crippen molar-refractivity contribution in [3.63, 3.8) is 0 Å². The first kappa shape index (κ1) is 14.8. The van der Waals surface area contributed by atoms with E-state index < -0.39 is 11.7 Å². The Balaban J connectivity index is 2.30. The Labute approximate surface area is 125 Å². The molecule has 7 heteroatoms. The molecular formula is C14H10ClFN4O. The number of carbonyl (C=O) groups is 1. The van der Waals surface area contributed by atoms with Gasteiger partial charge in [-0.15, -0.1) is 0 Å². The largest absolute Gasteiger partial charge is 0.372 e. The number of hydrogen-bond acceptors (Lipinski definition) is 4. The SMILES string of the molecule is CNc1ncc(F)cc1C(=O)Nc1ccc(C#N)cc1Cl. The van der Waals surface area contributed by atoms with Gasteiger partial charge in [0.2, 0.25) is 0 Å². The van der Waals surface area contributed by atoms with Crippen molar-refractivity contribution in [1.29, 1.82) is 5.26 Å². The second-order valence-corrected chi connectivity index (χ2v) is 4.47. The van der Waals surface area contributed by atoms with E-state index in [9.17, 15) is 9.18 Å². The van der Waals surface area contributed by atoms with Crippen molar-refractivity contribution in [1.82, 2.24) is 4.98 Å². The summed E-state index contributed by atoms with van der Waals surface area (Å²) in [6, 6.07) is 7.47. The molecule has 0 aliphatic heterocycles. The maximum Gasteiger partial charge on any atom is 0.259 e. The van der Waals surface area contributed by atoms with Crippen molar-refractivity contribution < 1.29 is 9.18 Å². The first-order valence-corrected chi connectivity index (χ1v) is 6.27. The van der Waals surface area contributed by atoms with Crippen LogP contribution in [-0.4, -0.2) is 17.9 Å². The Morgan fingerprint density at radius 2 is 2.19 bits per heavy atom. The van der Waals surface area contributed by atoms with Crippen LogP contribution < -0.4 is 10.6 Å². The van der Waals surface area contributed by atoms with Gasteiger partial charge in [-0.05, 0) is 24.3 Å². The molecule has 0 radical (unpaired) electrons. The van der Waals surface area contributed by atoms with Crippen LogP contribution in [0.15, 0.2) is 30.5 Å². The van der Waals surface area contributed by atoms with Gasteiger partial charge in [0.15, 0.2) is 0 Å². The maximum atomic E-state index is 13.2. The van der Waals surface area contributed by atoms with Gasteiger partial charge in [-0.1, -0.05) is 11.6 Å². The third kappa shape index (κ3) is 3.27. The van der Waals surface area contributed by atoms with E-state index in [2.05, 4.69) is 15.6 Å². The summed E-state index contributed by atoms with van der Waals surface area (Å²) in [5.74, 6) is -0.929. The van der Waals surface area contributed by atoms with Crippen LogP contribution in [0, 0.1) is 17.1 Å². The van der Waals surface area contributed by atoms with Crippen LogP contribution >= 0.6 is 11.6 Å². The fourth-order valence-electron chi connectivity index (χ4n) is 1.69. The molecule has 106 valence electrons. The molecule has 0 spiro atoms. The fraction of sp³-hybridized carbons (Fsp3) is 0.0714. The third-order valence-electron chi connectivity index (χ3n) is 2.68. The minimum Gasteiger partial charge on any atom is -0.372 e. The molecule has 0 bridgehead atoms. The molecule has 1 aromatic carbocycles. The molecule has 1 amide bonds. The van der Waals surface area contributed by atoms with Gasteiger partial charge in [0.25, 0.3) is 5.91 Å². The fourth-order valence-corrected chi connectivity index (χ4v) is 1.92. The molecule has 0 atom stereocenters. The van der Waals surface area contributed by atoms with Crippen LogP contribution in [0.5, 0.6) is 0 Å². The minimum absolute atomic E-state index is 0.0536. The molecule has 2 rings (SSSR count). The number of benzene rings is 1. The molecule has 1 aromatic heterocycles. The molecule has 0 aliphatic rings. The highest BCUT2D eigenvalue weighted by Crippen LogP contribution is 2.24. The lowest BCUT2D eigenvalue weighted by molar-refractivity contribution is 0.102. The predicted octanol–water partition coefficient (Wildman–Crippen LogP) is 3.04. The second kappa shape index (κ2) is 6.20. The summed E-state index contributed by atoms with van der Waals surface area (Å²) in [7, 11) is 1.58. The van der Waals surface area contributed by atoms with E-state index in [0.29, 0.717) is 11.3 Å². The molecule has 21 heavy (non-hydrogen) atoms. The minimum atomic E-state index is -0.620. The molecular weight excluding hydrogens is 295 g/mol. The van der Waals surface area contributed by atoms with Gasteiger partial charge in [0, 0.05) is 7.05 Å². The second-order valence-electron chi connectivity index (χ2n) is 4.06. The van der Waals surface area contributed by atoms with Gasteiger partial charge in [0.05, 0.1) is 34.1 Å². The molecule has 5 nitrogen and oxygen atoms in total. The van der Waals surface area contributed by atoms with E-state index in [1.165, 1.54) is 18.2 Å². The Morgan fingerprint density at radius 1 is 1.43 bits per heavy atom. The summed E-state index contributed by atoms with van der Waals surface area (Å²) in [5.41, 5.74) is 0.756. The predicted molar refractivity (Wildman–Crippen MR) is 77.9 cm³/mol. The van der Waals surface area contributed by atoms with E-state index in [0.717, 1.165) is 12.3 Å². The Kier molecular flexibility index (Phi) is 4.36. The Hall–Kier alpha value is -2.65. The lowest BCUT2D eigenvalue weighted by atomic mass is 10.2. The van der Waals surface area contributed by atoms with Crippen molar-refractivity contribution in [2.24, 2.45) is 0 Å². The maximum absolute atomic E-state index is 13.2. The molecule has 0 fully saturated rings. The van der Waals surface area contributed by atoms with Crippen LogP contribution in [0.3, 0.4) is 0 Å². The average molecular weight is 305 g/mol. The summed E-state index contributed by atoms with van der Waals surface area (Å²) in [5, 5.41) is 14.2. The van der Waals surface area contributed by atoms with Crippen LogP contribution in [0.25, 0.3) is 0 Å². The highest BCUT2D eigenvalue weighted by molar-refractivity contribution is 6.34. The van der Waals surface area contributed by atoms with Crippen LogP contribution in [-0.2, 0) is 0 Å². The third-order valence-corrected chi connectivity index (χ3v) is 2.99. The van der Waals surface area contributed by atoms with Crippen molar-refractivity contribution >= 4 is 29.0 Å². The zero-order chi connectivity index (χ0) is 15.4. The molecule has 2 N–H and O–H groups in total. The average Bonchev–Trinajstić information content (AvgIpc) is 2.49. The quantitative estimate of drug-likeness (QED) is 0.913. The Bertz CT molecular complexity index is 742. The monoisotopic (exact) mass is 304 g/mol. The van der Waals surface area contributed by atoms with E-state index in [4.69, 9.17) is 16.9 Å². The smallest absolute Gasteiger partial charge is 0.259 e. The zero-order valence-electron chi connectivity index (χ0n) is 10.9. The highest BCUT2D eigenvalue weighted by Gasteiger charge is 2.15. The van der Waals surface area contributed by atoms with Gasteiger partial charge < -0.3 is 10.6 Å². The van der Waals surface area contributed by atoms with Gasteiger partial charge in [0.1, 0.15) is 11.6 Å². The molecule has 0 unspecified atom stereocenters. The van der Waals surface area contributed by atoms with Crippen molar-refractivity contribution in [3.05, 3.63) is 52.4 Å². The van der Waals surface area contributed by atoms with Gasteiger partial charge in [-0.25, -0.2) is 9.37 Å². The number of hydrogen-bond donors (Lipinski definition) is 2. The van der Waals surface area contributed by atoms with E-state index >= 15 is 0 Å². The summed E-state index contributed by atoms with van der Waals surface area (Å²) in [4.78, 5) is 16.0.